The first-order valence-corrected chi connectivity index (χ1v) is 8.08. The van der Waals surface area contributed by atoms with Crippen molar-refractivity contribution in [1.82, 2.24) is 10.2 Å². The number of benzene rings is 1. The summed E-state index contributed by atoms with van der Waals surface area (Å²) in [5.74, 6) is -2.37. The van der Waals surface area contributed by atoms with Crippen LogP contribution in [0.15, 0.2) is 18.2 Å². The molecule has 132 valence electrons. The molecule has 0 saturated carbocycles. The second kappa shape index (κ2) is 7.70. The number of amides is 2. The van der Waals surface area contributed by atoms with Gasteiger partial charge in [0.1, 0.15) is 0 Å². The minimum atomic E-state index is -0.909. The molecule has 0 radical (unpaired) electrons. The Labute approximate surface area is 140 Å². The summed E-state index contributed by atoms with van der Waals surface area (Å²) in [6, 6.07) is 2.92. The number of rotatable bonds is 5. The topological polar surface area (TPSA) is 75.4 Å². The van der Waals surface area contributed by atoms with Crippen molar-refractivity contribution in [3.8, 4) is 0 Å². The lowest BCUT2D eigenvalue weighted by Crippen LogP contribution is -2.49. The van der Waals surface area contributed by atoms with E-state index in [2.05, 4.69) is 5.32 Å². The molecule has 0 aliphatic carbocycles. The van der Waals surface area contributed by atoms with Gasteiger partial charge >= 0.3 is 0 Å². The van der Waals surface area contributed by atoms with Crippen molar-refractivity contribution in [3.63, 3.8) is 0 Å². The molecule has 24 heavy (non-hydrogen) atoms. The predicted molar refractivity (Wildman–Crippen MR) is 85.9 cm³/mol. The highest BCUT2D eigenvalue weighted by Gasteiger charge is 2.28. The standard InChI is InChI=1S/C17H23F2N3O2/c1-10(13-3-4-14(18)15(19)9-13)21-11(2)17(24)22-7-5-12(6-8-22)16(20)23/h3-4,9-12,21H,5-8H2,1-2H3,(H2,20,23)/t10-,11+/m1/s1. The maximum Gasteiger partial charge on any atom is 0.239 e. The Morgan fingerprint density at radius 3 is 2.38 bits per heavy atom. The van der Waals surface area contributed by atoms with Crippen molar-refractivity contribution >= 4 is 11.8 Å². The van der Waals surface area contributed by atoms with Crippen molar-refractivity contribution < 1.29 is 18.4 Å². The number of carbonyl (C=O) groups excluding carboxylic acids is 2. The number of nitrogens with one attached hydrogen (secondary N) is 1. The second-order valence-corrected chi connectivity index (χ2v) is 6.29. The van der Waals surface area contributed by atoms with E-state index in [0.29, 0.717) is 31.5 Å². The van der Waals surface area contributed by atoms with E-state index in [1.807, 2.05) is 0 Å². The van der Waals surface area contributed by atoms with Crippen molar-refractivity contribution in [2.24, 2.45) is 11.7 Å². The van der Waals surface area contributed by atoms with Crippen molar-refractivity contribution in [1.29, 1.82) is 0 Å². The van der Waals surface area contributed by atoms with Crippen molar-refractivity contribution in [2.75, 3.05) is 13.1 Å². The molecule has 1 saturated heterocycles. The van der Waals surface area contributed by atoms with E-state index in [9.17, 15) is 18.4 Å². The predicted octanol–water partition coefficient (Wildman–Crippen LogP) is 1.73. The summed E-state index contributed by atoms with van der Waals surface area (Å²) in [6.07, 6.45) is 1.15. The molecular formula is C17H23F2N3O2. The maximum absolute atomic E-state index is 13.3. The molecule has 2 amide bonds. The maximum atomic E-state index is 13.3. The lowest BCUT2D eigenvalue weighted by molar-refractivity contribution is -0.136. The molecule has 5 nitrogen and oxygen atoms in total. The summed E-state index contributed by atoms with van der Waals surface area (Å²) in [4.78, 5) is 25.3. The van der Waals surface area contributed by atoms with Gasteiger partial charge in [-0.05, 0) is 44.4 Å². The molecule has 0 aromatic heterocycles. The number of halogens is 2. The van der Waals surface area contributed by atoms with Crippen LogP contribution in [0, 0.1) is 17.6 Å². The van der Waals surface area contributed by atoms with Crippen molar-refractivity contribution in [2.45, 2.75) is 38.8 Å². The van der Waals surface area contributed by atoms with Gasteiger partial charge in [-0.3, -0.25) is 14.9 Å². The highest BCUT2D eigenvalue weighted by atomic mass is 19.2. The summed E-state index contributed by atoms with van der Waals surface area (Å²) in [5, 5.41) is 3.10. The summed E-state index contributed by atoms with van der Waals surface area (Å²) in [6.45, 7) is 4.52. The van der Waals surface area contributed by atoms with Crippen LogP contribution in [0.3, 0.4) is 0 Å². The van der Waals surface area contributed by atoms with Gasteiger partial charge in [0.25, 0.3) is 0 Å². The molecule has 3 N–H and O–H groups in total. The minimum Gasteiger partial charge on any atom is -0.369 e. The van der Waals surface area contributed by atoms with Crippen LogP contribution in [-0.2, 0) is 9.59 Å². The molecule has 1 aliphatic heterocycles. The Morgan fingerprint density at radius 2 is 1.83 bits per heavy atom. The van der Waals surface area contributed by atoms with Crippen LogP contribution < -0.4 is 11.1 Å². The van der Waals surface area contributed by atoms with E-state index < -0.39 is 17.7 Å². The van der Waals surface area contributed by atoms with Gasteiger partial charge in [-0.15, -0.1) is 0 Å². The Hall–Kier alpha value is -2.02. The molecule has 1 aromatic carbocycles. The number of carbonyl (C=O) groups is 2. The van der Waals surface area contributed by atoms with Crippen molar-refractivity contribution in [3.05, 3.63) is 35.4 Å². The first-order valence-electron chi connectivity index (χ1n) is 8.08. The molecule has 0 unspecified atom stereocenters. The first-order chi connectivity index (χ1) is 11.3. The number of primary amides is 1. The van der Waals surface area contributed by atoms with Gasteiger partial charge in [0.15, 0.2) is 11.6 Å². The zero-order valence-electron chi connectivity index (χ0n) is 13.9. The smallest absolute Gasteiger partial charge is 0.239 e. The number of hydrogen-bond donors (Lipinski definition) is 2. The molecular weight excluding hydrogens is 316 g/mol. The zero-order valence-corrected chi connectivity index (χ0v) is 13.9. The van der Waals surface area contributed by atoms with Crippen LogP contribution in [0.5, 0.6) is 0 Å². The number of hydrogen-bond acceptors (Lipinski definition) is 3. The van der Waals surface area contributed by atoms with Crippen LogP contribution in [0.2, 0.25) is 0 Å². The molecule has 2 rings (SSSR count). The summed E-state index contributed by atoms with van der Waals surface area (Å²) in [5.41, 5.74) is 5.86. The van der Waals surface area contributed by atoms with E-state index in [-0.39, 0.29) is 23.8 Å². The molecule has 0 bridgehead atoms. The number of piperidine rings is 1. The Balaban J connectivity index is 1.91. The van der Waals surface area contributed by atoms with E-state index >= 15 is 0 Å². The van der Waals surface area contributed by atoms with Gasteiger partial charge in [0, 0.05) is 25.0 Å². The van der Waals surface area contributed by atoms with Crippen LogP contribution in [0.4, 0.5) is 8.78 Å². The average molecular weight is 339 g/mol. The first kappa shape index (κ1) is 18.3. The van der Waals surface area contributed by atoms with Gasteiger partial charge in [-0.1, -0.05) is 6.07 Å². The average Bonchev–Trinajstić information content (AvgIpc) is 2.56. The number of likely N-dealkylation sites (tertiary alicyclic amines) is 1. The van der Waals surface area contributed by atoms with Gasteiger partial charge in [0.2, 0.25) is 11.8 Å². The quantitative estimate of drug-likeness (QED) is 0.858. The lowest BCUT2D eigenvalue weighted by Gasteiger charge is -2.33. The van der Waals surface area contributed by atoms with Gasteiger partial charge < -0.3 is 10.6 Å². The largest absolute Gasteiger partial charge is 0.369 e. The molecule has 1 fully saturated rings. The fraction of sp³-hybridized carbons (Fsp3) is 0.529. The fourth-order valence-corrected chi connectivity index (χ4v) is 2.98. The lowest BCUT2D eigenvalue weighted by atomic mass is 9.96. The Bertz CT molecular complexity index is 616. The molecule has 7 heteroatoms. The van der Waals surface area contributed by atoms with E-state index in [1.165, 1.54) is 6.07 Å². The number of nitrogens with two attached hydrogens (primary N) is 1. The zero-order chi connectivity index (χ0) is 17.9. The van der Waals surface area contributed by atoms with Crippen LogP contribution in [-0.4, -0.2) is 35.8 Å². The van der Waals surface area contributed by atoms with Crippen LogP contribution in [0.25, 0.3) is 0 Å². The molecule has 1 aromatic rings. The number of nitrogens with zero attached hydrogens (tertiary/aromatic N) is 1. The monoisotopic (exact) mass is 339 g/mol. The summed E-state index contributed by atoms with van der Waals surface area (Å²) >= 11 is 0. The van der Waals surface area contributed by atoms with E-state index in [0.717, 1.165) is 12.1 Å². The van der Waals surface area contributed by atoms with Gasteiger partial charge in [-0.25, -0.2) is 8.78 Å². The Morgan fingerprint density at radius 1 is 1.21 bits per heavy atom. The van der Waals surface area contributed by atoms with Crippen LogP contribution >= 0.6 is 0 Å². The van der Waals surface area contributed by atoms with Gasteiger partial charge in [-0.2, -0.15) is 0 Å². The van der Waals surface area contributed by atoms with Crippen LogP contribution in [0.1, 0.15) is 38.3 Å². The normalized spacial score (nSPS) is 18.2. The SMILES string of the molecule is C[C@H](N[C@H](C)c1ccc(F)c(F)c1)C(=O)N1CCC(C(N)=O)CC1. The molecule has 1 aliphatic rings. The highest BCUT2D eigenvalue weighted by Crippen LogP contribution is 2.19. The third kappa shape index (κ3) is 4.29. The summed E-state index contributed by atoms with van der Waals surface area (Å²) in [7, 11) is 0. The Kier molecular flexibility index (Phi) is 5.88. The van der Waals surface area contributed by atoms with E-state index in [1.54, 1.807) is 18.7 Å². The summed E-state index contributed by atoms with van der Waals surface area (Å²) < 4.78 is 26.3. The molecule has 2 atom stereocenters. The fourth-order valence-electron chi connectivity index (χ4n) is 2.98. The molecule has 0 spiro atoms. The molecule has 1 heterocycles. The minimum absolute atomic E-state index is 0.0765. The van der Waals surface area contributed by atoms with E-state index in [4.69, 9.17) is 5.73 Å². The van der Waals surface area contributed by atoms with Gasteiger partial charge in [0.05, 0.1) is 6.04 Å². The third-order valence-corrected chi connectivity index (χ3v) is 4.52. The highest BCUT2D eigenvalue weighted by molar-refractivity contribution is 5.82. The third-order valence-electron chi connectivity index (χ3n) is 4.52. The second-order valence-electron chi connectivity index (χ2n) is 6.29.